The number of pyridine rings is 1. The Morgan fingerprint density at radius 2 is 1.94 bits per heavy atom. The molecule has 1 N–H and O–H groups in total. The first-order valence-corrected chi connectivity index (χ1v) is 11.2. The molecule has 6 nitrogen and oxygen atoms in total. The van der Waals surface area contributed by atoms with Crippen LogP contribution in [0, 0.1) is 6.92 Å². The fourth-order valence-corrected chi connectivity index (χ4v) is 4.75. The maximum atomic E-state index is 11.2. The largest absolute Gasteiger partial charge is 0.385 e. The number of ether oxygens (including phenoxy) is 1. The van der Waals surface area contributed by atoms with Crippen molar-refractivity contribution in [3.05, 3.63) is 58.5 Å². The van der Waals surface area contributed by atoms with E-state index in [1.807, 2.05) is 31.3 Å². The zero-order valence-electron chi connectivity index (χ0n) is 17.3. The Bertz CT molecular complexity index is 1320. The molecule has 4 aromatic rings. The van der Waals surface area contributed by atoms with E-state index in [1.54, 1.807) is 0 Å². The first-order valence-electron chi connectivity index (χ1n) is 10.8. The van der Waals surface area contributed by atoms with Crippen molar-refractivity contribution in [2.45, 2.75) is 44.1 Å². The number of rotatable bonds is 3. The van der Waals surface area contributed by atoms with Gasteiger partial charge in [0.25, 0.3) is 0 Å². The molecule has 0 spiro atoms. The van der Waals surface area contributed by atoms with Crippen LogP contribution < -0.4 is 0 Å². The molecule has 1 aliphatic carbocycles. The standard InChI is InChI=1S/C24H23ClN4O2/c1-14-21-13-26-22(29(21)23-20(27-14)7-6-19(28-23)15-2-3-15)17-12-16(4-5-18(17)25)24(30)8-10-31-11-9-24/h4-7,12-13,15,30H,2-3,8-11H2,1H3. The van der Waals surface area contributed by atoms with Gasteiger partial charge in [-0.25, -0.2) is 15.0 Å². The van der Waals surface area contributed by atoms with Crippen molar-refractivity contribution in [2.75, 3.05) is 13.2 Å². The van der Waals surface area contributed by atoms with Crippen molar-refractivity contribution in [2.24, 2.45) is 0 Å². The van der Waals surface area contributed by atoms with Gasteiger partial charge in [0.1, 0.15) is 11.3 Å². The van der Waals surface area contributed by atoms with Gasteiger partial charge in [0, 0.05) is 43.2 Å². The van der Waals surface area contributed by atoms with Crippen LogP contribution in [0.5, 0.6) is 0 Å². The quantitative estimate of drug-likeness (QED) is 0.502. The molecule has 1 aliphatic heterocycles. The second kappa shape index (κ2) is 6.99. The van der Waals surface area contributed by atoms with Gasteiger partial charge in [0.2, 0.25) is 0 Å². The number of nitrogens with zero attached hydrogens (tertiary/aromatic N) is 4. The molecule has 31 heavy (non-hydrogen) atoms. The summed E-state index contributed by atoms with van der Waals surface area (Å²) in [6, 6.07) is 9.86. The average Bonchev–Trinajstić information content (AvgIpc) is 3.53. The second-order valence-electron chi connectivity index (χ2n) is 8.69. The molecule has 2 fully saturated rings. The lowest BCUT2D eigenvalue weighted by Crippen LogP contribution is -2.33. The van der Waals surface area contributed by atoms with E-state index in [4.69, 9.17) is 31.3 Å². The van der Waals surface area contributed by atoms with Gasteiger partial charge in [-0.05, 0) is 49.6 Å². The van der Waals surface area contributed by atoms with Crippen molar-refractivity contribution in [1.29, 1.82) is 0 Å². The molecular formula is C24H23ClN4O2. The molecule has 0 amide bonds. The highest BCUT2D eigenvalue weighted by atomic mass is 35.5. The minimum absolute atomic E-state index is 0.544. The van der Waals surface area contributed by atoms with Gasteiger partial charge in [-0.1, -0.05) is 17.7 Å². The second-order valence-corrected chi connectivity index (χ2v) is 9.10. The van der Waals surface area contributed by atoms with E-state index in [2.05, 4.69) is 16.5 Å². The third-order valence-corrected chi connectivity index (χ3v) is 6.90. The van der Waals surface area contributed by atoms with Crippen molar-refractivity contribution < 1.29 is 9.84 Å². The number of aromatic nitrogens is 4. The highest BCUT2D eigenvalue weighted by Gasteiger charge is 2.33. The van der Waals surface area contributed by atoms with Crippen LogP contribution in [-0.4, -0.2) is 37.7 Å². The first kappa shape index (κ1) is 19.2. The monoisotopic (exact) mass is 434 g/mol. The Morgan fingerprint density at radius 1 is 1.13 bits per heavy atom. The summed E-state index contributed by atoms with van der Waals surface area (Å²) in [6.07, 6.45) is 5.33. The predicted molar refractivity (Wildman–Crippen MR) is 119 cm³/mol. The number of hydrogen-bond acceptors (Lipinski definition) is 5. The number of fused-ring (bicyclic) bond motifs is 3. The molecule has 0 atom stereocenters. The van der Waals surface area contributed by atoms with Gasteiger partial charge >= 0.3 is 0 Å². The van der Waals surface area contributed by atoms with E-state index in [9.17, 15) is 5.11 Å². The lowest BCUT2D eigenvalue weighted by molar-refractivity contribution is -0.0678. The normalized spacial score (nSPS) is 18.7. The molecule has 2 aliphatic rings. The van der Waals surface area contributed by atoms with Crippen LogP contribution in [-0.2, 0) is 10.3 Å². The van der Waals surface area contributed by atoms with E-state index in [-0.39, 0.29) is 0 Å². The molecule has 7 heteroatoms. The number of hydrogen-bond donors (Lipinski definition) is 1. The molecule has 0 bridgehead atoms. The van der Waals surface area contributed by atoms with Gasteiger partial charge in [0.05, 0.1) is 28.0 Å². The van der Waals surface area contributed by atoms with Gasteiger partial charge in [0.15, 0.2) is 5.65 Å². The Balaban J connectivity index is 1.58. The average molecular weight is 435 g/mol. The molecule has 6 rings (SSSR count). The summed E-state index contributed by atoms with van der Waals surface area (Å²) >= 11 is 6.66. The van der Waals surface area contributed by atoms with Crippen LogP contribution in [0.3, 0.4) is 0 Å². The van der Waals surface area contributed by atoms with Gasteiger partial charge < -0.3 is 9.84 Å². The van der Waals surface area contributed by atoms with Gasteiger partial charge in [-0.15, -0.1) is 0 Å². The van der Waals surface area contributed by atoms with E-state index in [1.165, 1.54) is 12.8 Å². The van der Waals surface area contributed by atoms with E-state index < -0.39 is 5.60 Å². The van der Waals surface area contributed by atoms with E-state index in [0.29, 0.717) is 42.8 Å². The van der Waals surface area contributed by atoms with Crippen LogP contribution in [0.25, 0.3) is 28.1 Å². The molecular weight excluding hydrogens is 412 g/mol. The highest BCUT2D eigenvalue weighted by Crippen LogP contribution is 2.40. The number of benzene rings is 1. The van der Waals surface area contributed by atoms with E-state index >= 15 is 0 Å². The first-order chi connectivity index (χ1) is 15.0. The van der Waals surface area contributed by atoms with Gasteiger partial charge in [-0.2, -0.15) is 0 Å². The van der Waals surface area contributed by atoms with Crippen LogP contribution in [0.15, 0.2) is 36.5 Å². The maximum absolute atomic E-state index is 11.2. The highest BCUT2D eigenvalue weighted by molar-refractivity contribution is 6.33. The number of imidazole rings is 1. The van der Waals surface area contributed by atoms with E-state index in [0.717, 1.165) is 39.2 Å². The maximum Gasteiger partial charge on any atom is 0.165 e. The molecule has 3 aromatic heterocycles. The SMILES string of the molecule is Cc1nc2ccc(C3CC3)nc2n2c(-c3cc(C4(O)CCOCC4)ccc3Cl)ncc12. The predicted octanol–water partition coefficient (Wildman–Crippen LogP) is 4.78. The summed E-state index contributed by atoms with van der Waals surface area (Å²) < 4.78 is 7.51. The topological polar surface area (TPSA) is 72.5 Å². The summed E-state index contributed by atoms with van der Waals surface area (Å²) in [5.41, 5.74) is 5.25. The molecule has 158 valence electrons. The van der Waals surface area contributed by atoms with Gasteiger partial charge in [-0.3, -0.25) is 4.40 Å². The van der Waals surface area contributed by atoms with Crippen LogP contribution in [0.2, 0.25) is 5.02 Å². The zero-order chi connectivity index (χ0) is 21.2. The summed E-state index contributed by atoms with van der Waals surface area (Å²) in [5.74, 6) is 1.26. The number of aryl methyl sites for hydroxylation is 1. The van der Waals surface area contributed by atoms with Crippen molar-refractivity contribution >= 4 is 28.3 Å². The summed E-state index contributed by atoms with van der Waals surface area (Å²) in [7, 11) is 0. The molecule has 0 unspecified atom stereocenters. The number of halogens is 1. The third kappa shape index (κ3) is 3.13. The van der Waals surface area contributed by atoms with Crippen molar-refractivity contribution in [1.82, 2.24) is 19.4 Å². The Morgan fingerprint density at radius 3 is 2.71 bits per heavy atom. The van der Waals surface area contributed by atoms with Crippen LogP contribution in [0.4, 0.5) is 0 Å². The van der Waals surface area contributed by atoms with Crippen molar-refractivity contribution in [3.8, 4) is 11.4 Å². The Hall–Kier alpha value is -2.54. The summed E-state index contributed by atoms with van der Waals surface area (Å²) in [5, 5.41) is 11.8. The summed E-state index contributed by atoms with van der Waals surface area (Å²) in [6.45, 7) is 3.08. The molecule has 1 aromatic carbocycles. The van der Waals surface area contributed by atoms with Crippen LogP contribution in [0.1, 0.15) is 48.6 Å². The fourth-order valence-electron chi connectivity index (χ4n) is 4.55. The van der Waals surface area contributed by atoms with Crippen molar-refractivity contribution in [3.63, 3.8) is 0 Å². The molecule has 0 radical (unpaired) electrons. The number of aliphatic hydroxyl groups is 1. The van der Waals surface area contributed by atoms with Crippen LogP contribution >= 0.6 is 11.6 Å². The smallest absolute Gasteiger partial charge is 0.165 e. The zero-order valence-corrected chi connectivity index (χ0v) is 18.1. The molecule has 1 saturated carbocycles. The Labute approximate surface area is 184 Å². The summed E-state index contributed by atoms with van der Waals surface area (Å²) in [4.78, 5) is 14.4. The fraction of sp³-hybridized carbons (Fsp3) is 0.375. The molecule has 4 heterocycles. The Kier molecular flexibility index (Phi) is 4.32. The lowest BCUT2D eigenvalue weighted by Gasteiger charge is -2.32. The minimum Gasteiger partial charge on any atom is -0.385 e. The lowest BCUT2D eigenvalue weighted by atomic mass is 9.85. The molecule has 1 saturated heterocycles. The minimum atomic E-state index is -0.915. The third-order valence-electron chi connectivity index (χ3n) is 6.57.